The smallest absolute Gasteiger partial charge is 0.203 e. The minimum absolute atomic E-state index is 0.389. The Hall–Kier alpha value is -2.89. The van der Waals surface area contributed by atoms with Crippen LogP contribution in [0.15, 0.2) is 41.4 Å². The number of ether oxygens (including phenoxy) is 4. The number of methoxy groups -OCH3 is 3. The van der Waals surface area contributed by atoms with Gasteiger partial charge in [-0.1, -0.05) is 12.1 Å². The molecule has 1 aliphatic heterocycles. The lowest BCUT2D eigenvalue weighted by Crippen LogP contribution is -2.30. The van der Waals surface area contributed by atoms with Crippen molar-refractivity contribution >= 4 is 5.84 Å². The maximum Gasteiger partial charge on any atom is 0.203 e. The summed E-state index contributed by atoms with van der Waals surface area (Å²) in [5.41, 5.74) is 1.96. The zero-order chi connectivity index (χ0) is 18.4. The van der Waals surface area contributed by atoms with E-state index in [1.54, 1.807) is 21.3 Å². The molecule has 0 saturated carbocycles. The summed E-state index contributed by atoms with van der Waals surface area (Å²) in [6.45, 7) is 2.20. The van der Waals surface area contributed by atoms with Gasteiger partial charge in [-0.2, -0.15) is 0 Å². The van der Waals surface area contributed by atoms with Gasteiger partial charge in [0.25, 0.3) is 0 Å². The molecule has 0 aromatic heterocycles. The molecular formula is C20H24N2O4. The van der Waals surface area contributed by atoms with Crippen molar-refractivity contribution in [3.05, 3.63) is 47.5 Å². The first-order valence-corrected chi connectivity index (χ1v) is 8.55. The molecule has 138 valence electrons. The van der Waals surface area contributed by atoms with Crippen LogP contribution in [0.5, 0.6) is 23.0 Å². The Morgan fingerprint density at radius 3 is 2.38 bits per heavy atom. The molecule has 0 bridgehead atoms. The van der Waals surface area contributed by atoms with Crippen molar-refractivity contribution in [2.75, 3.05) is 34.4 Å². The number of rotatable bonds is 7. The number of benzene rings is 2. The standard InChI is InChI=1S/C20H24N2O4/c1-23-17-10-14(11-18(24-2)19(17)25-3)13-26-16-7-4-6-15(12-16)20-21-8-5-9-22-20/h4,6-7,10-12H,5,8-9,13H2,1-3H3,(H,21,22). The molecule has 0 spiro atoms. The second kappa shape index (κ2) is 8.47. The number of hydrogen-bond donors (Lipinski definition) is 1. The molecule has 2 aromatic rings. The summed E-state index contributed by atoms with van der Waals surface area (Å²) in [5, 5.41) is 3.33. The summed E-state index contributed by atoms with van der Waals surface area (Å²) >= 11 is 0. The summed E-state index contributed by atoms with van der Waals surface area (Å²) in [6.07, 6.45) is 1.07. The van der Waals surface area contributed by atoms with E-state index in [0.29, 0.717) is 23.9 Å². The van der Waals surface area contributed by atoms with Crippen LogP contribution in [0.1, 0.15) is 17.5 Å². The fourth-order valence-electron chi connectivity index (χ4n) is 2.84. The molecule has 3 rings (SSSR count). The Kier molecular flexibility index (Phi) is 5.84. The van der Waals surface area contributed by atoms with Crippen LogP contribution in [-0.4, -0.2) is 40.3 Å². The highest BCUT2D eigenvalue weighted by Gasteiger charge is 2.14. The van der Waals surface area contributed by atoms with Crippen molar-refractivity contribution in [2.45, 2.75) is 13.0 Å². The van der Waals surface area contributed by atoms with Crippen molar-refractivity contribution in [1.29, 1.82) is 0 Å². The predicted octanol–water partition coefficient (Wildman–Crippen LogP) is 3.03. The Labute approximate surface area is 153 Å². The monoisotopic (exact) mass is 356 g/mol. The summed E-state index contributed by atoms with van der Waals surface area (Å²) in [4.78, 5) is 4.53. The molecule has 26 heavy (non-hydrogen) atoms. The largest absolute Gasteiger partial charge is 0.493 e. The molecule has 0 saturated heterocycles. The topological polar surface area (TPSA) is 61.3 Å². The van der Waals surface area contributed by atoms with Crippen molar-refractivity contribution in [3.63, 3.8) is 0 Å². The SMILES string of the molecule is COc1cc(COc2cccc(C3=NCCCN3)c2)cc(OC)c1OC. The van der Waals surface area contributed by atoms with Gasteiger partial charge in [0.2, 0.25) is 5.75 Å². The lowest BCUT2D eigenvalue weighted by Gasteiger charge is -2.16. The average molecular weight is 356 g/mol. The fourth-order valence-corrected chi connectivity index (χ4v) is 2.84. The molecule has 0 aliphatic carbocycles. The zero-order valence-electron chi connectivity index (χ0n) is 15.4. The second-order valence-corrected chi connectivity index (χ2v) is 5.86. The highest BCUT2D eigenvalue weighted by Crippen LogP contribution is 2.38. The van der Waals surface area contributed by atoms with Crippen molar-refractivity contribution in [2.24, 2.45) is 4.99 Å². The molecule has 0 fully saturated rings. The summed E-state index contributed by atoms with van der Waals surface area (Å²) < 4.78 is 22.1. The van der Waals surface area contributed by atoms with Gasteiger partial charge in [0, 0.05) is 18.7 Å². The molecule has 0 amide bonds. The van der Waals surface area contributed by atoms with Gasteiger partial charge < -0.3 is 24.3 Å². The minimum atomic E-state index is 0.389. The number of nitrogens with zero attached hydrogens (tertiary/aromatic N) is 1. The molecule has 0 radical (unpaired) electrons. The van der Waals surface area contributed by atoms with E-state index in [2.05, 4.69) is 10.3 Å². The Bertz CT molecular complexity index is 764. The van der Waals surface area contributed by atoms with E-state index in [1.165, 1.54) is 0 Å². The van der Waals surface area contributed by atoms with E-state index < -0.39 is 0 Å². The molecule has 2 aromatic carbocycles. The first-order chi connectivity index (χ1) is 12.7. The highest BCUT2D eigenvalue weighted by molar-refractivity contribution is 5.99. The number of nitrogens with one attached hydrogen (secondary N) is 1. The summed E-state index contributed by atoms with van der Waals surface area (Å²) in [7, 11) is 4.79. The molecule has 1 N–H and O–H groups in total. The summed E-state index contributed by atoms with van der Waals surface area (Å²) in [6, 6.07) is 11.7. The molecule has 0 unspecified atom stereocenters. The molecule has 6 heteroatoms. The van der Waals surface area contributed by atoms with Gasteiger partial charge in [-0.3, -0.25) is 4.99 Å². The van der Waals surface area contributed by atoms with Crippen molar-refractivity contribution in [3.8, 4) is 23.0 Å². The highest BCUT2D eigenvalue weighted by atomic mass is 16.5. The van der Waals surface area contributed by atoms with Gasteiger partial charge in [-0.15, -0.1) is 0 Å². The van der Waals surface area contributed by atoms with Gasteiger partial charge in [-0.05, 0) is 36.2 Å². The molecule has 1 heterocycles. The van der Waals surface area contributed by atoms with Crippen LogP contribution < -0.4 is 24.3 Å². The second-order valence-electron chi connectivity index (χ2n) is 5.86. The normalized spacial score (nSPS) is 13.4. The van der Waals surface area contributed by atoms with Crippen LogP contribution in [-0.2, 0) is 6.61 Å². The van der Waals surface area contributed by atoms with Crippen LogP contribution in [0, 0.1) is 0 Å². The van der Waals surface area contributed by atoms with Gasteiger partial charge in [0.1, 0.15) is 18.2 Å². The van der Waals surface area contributed by atoms with Crippen molar-refractivity contribution < 1.29 is 18.9 Å². The van der Waals surface area contributed by atoms with Gasteiger partial charge in [-0.25, -0.2) is 0 Å². The Morgan fingerprint density at radius 1 is 1.00 bits per heavy atom. The number of amidine groups is 1. The Balaban J connectivity index is 1.76. The van der Waals surface area contributed by atoms with Gasteiger partial charge in [0.05, 0.1) is 21.3 Å². The lowest BCUT2D eigenvalue weighted by molar-refractivity contribution is 0.298. The van der Waals surface area contributed by atoms with Crippen LogP contribution in [0.25, 0.3) is 0 Å². The van der Waals surface area contributed by atoms with E-state index in [0.717, 1.165) is 42.2 Å². The first-order valence-electron chi connectivity index (χ1n) is 8.55. The van der Waals surface area contributed by atoms with Crippen LogP contribution in [0.4, 0.5) is 0 Å². The maximum atomic E-state index is 5.96. The van der Waals surface area contributed by atoms with E-state index >= 15 is 0 Å². The summed E-state index contributed by atoms with van der Waals surface area (Å²) in [5.74, 6) is 3.50. The quantitative estimate of drug-likeness (QED) is 0.826. The molecule has 6 nitrogen and oxygen atoms in total. The maximum absolute atomic E-state index is 5.96. The van der Waals surface area contributed by atoms with E-state index in [4.69, 9.17) is 18.9 Å². The first kappa shape index (κ1) is 17.9. The lowest BCUT2D eigenvalue weighted by atomic mass is 10.1. The van der Waals surface area contributed by atoms with Gasteiger partial charge >= 0.3 is 0 Å². The third kappa shape index (κ3) is 4.02. The van der Waals surface area contributed by atoms with E-state index in [1.807, 2.05) is 36.4 Å². The van der Waals surface area contributed by atoms with Gasteiger partial charge in [0.15, 0.2) is 11.5 Å². The fraction of sp³-hybridized carbons (Fsp3) is 0.350. The van der Waals surface area contributed by atoms with E-state index in [9.17, 15) is 0 Å². The van der Waals surface area contributed by atoms with Crippen LogP contribution >= 0.6 is 0 Å². The number of hydrogen-bond acceptors (Lipinski definition) is 6. The zero-order valence-corrected chi connectivity index (χ0v) is 15.4. The molecule has 0 atom stereocenters. The third-order valence-electron chi connectivity index (χ3n) is 4.13. The van der Waals surface area contributed by atoms with Crippen LogP contribution in [0.2, 0.25) is 0 Å². The molecular weight excluding hydrogens is 332 g/mol. The van der Waals surface area contributed by atoms with Crippen molar-refractivity contribution in [1.82, 2.24) is 5.32 Å². The minimum Gasteiger partial charge on any atom is -0.493 e. The number of aliphatic imine (C=N–C) groups is 1. The van der Waals surface area contributed by atoms with Crippen LogP contribution in [0.3, 0.4) is 0 Å². The average Bonchev–Trinajstić information content (AvgIpc) is 2.72. The molecule has 1 aliphatic rings. The Morgan fingerprint density at radius 2 is 1.77 bits per heavy atom. The van der Waals surface area contributed by atoms with E-state index in [-0.39, 0.29) is 0 Å². The third-order valence-corrected chi connectivity index (χ3v) is 4.13. The predicted molar refractivity (Wildman–Crippen MR) is 101 cm³/mol.